The van der Waals surface area contributed by atoms with E-state index in [9.17, 15) is 4.57 Å². The van der Waals surface area contributed by atoms with Gasteiger partial charge in [0.05, 0.1) is 0 Å². The number of hydrogen-bond acceptors (Lipinski definition) is 1. The Morgan fingerprint density at radius 1 is 1.18 bits per heavy atom. The topological polar surface area (TPSA) is 57.5 Å². The van der Waals surface area contributed by atoms with Gasteiger partial charge in [0.15, 0.2) is 0 Å². The smallest absolute Gasteiger partial charge is 0.324 e. The largest absolute Gasteiger partial charge is 0.325 e. The van der Waals surface area contributed by atoms with E-state index in [-0.39, 0.29) is 23.2 Å². The van der Waals surface area contributed by atoms with Crippen molar-refractivity contribution in [1.29, 1.82) is 0 Å². The summed E-state index contributed by atoms with van der Waals surface area (Å²) in [6, 6.07) is 0. The van der Waals surface area contributed by atoms with Gasteiger partial charge in [0, 0.05) is 23.2 Å². The Hall–Kier alpha value is 0.669. The van der Waals surface area contributed by atoms with Crippen LogP contribution < -0.4 is 0 Å². The molecule has 0 aliphatic rings. The molecule has 0 atom stereocenters. The van der Waals surface area contributed by atoms with Crippen molar-refractivity contribution in [2.75, 3.05) is 6.16 Å². The van der Waals surface area contributed by atoms with Crippen LogP contribution in [0.15, 0.2) is 0 Å². The number of hydrogen-bond donors (Lipinski definition) is 2. The first-order valence-corrected chi connectivity index (χ1v) is 5.40. The summed E-state index contributed by atoms with van der Waals surface area (Å²) in [4.78, 5) is 16.9. The molecule has 0 amide bonds. The Bertz CT molecular complexity index is 123. The van der Waals surface area contributed by atoms with Crippen molar-refractivity contribution in [2.45, 2.75) is 32.6 Å². The fourth-order valence-corrected chi connectivity index (χ4v) is 1.38. The Labute approximate surface area is 78.2 Å². The van der Waals surface area contributed by atoms with Crippen LogP contribution in [0, 0.1) is 0 Å². The van der Waals surface area contributed by atoms with E-state index in [2.05, 4.69) is 6.92 Å². The molecule has 0 aliphatic carbocycles. The summed E-state index contributed by atoms with van der Waals surface area (Å²) in [5.74, 6) is 0. The Morgan fingerprint density at radius 2 is 1.73 bits per heavy atom. The van der Waals surface area contributed by atoms with Crippen LogP contribution in [0.5, 0.6) is 0 Å². The van der Waals surface area contributed by atoms with Crippen LogP contribution in [0.3, 0.4) is 0 Å². The van der Waals surface area contributed by atoms with Crippen LogP contribution in [0.25, 0.3) is 0 Å². The SMILES string of the molecule is CCCCCCP(=O)(O)O.[Fe]. The predicted octanol–water partition coefficient (Wildman–Crippen LogP) is 1.74. The van der Waals surface area contributed by atoms with Crippen LogP contribution in [0.2, 0.25) is 0 Å². The normalized spacial score (nSPS) is 10.8. The summed E-state index contributed by atoms with van der Waals surface area (Å²) in [5.41, 5.74) is 0. The molecule has 70 valence electrons. The molecule has 0 saturated carbocycles. The molecule has 0 heterocycles. The van der Waals surface area contributed by atoms with Crippen LogP contribution in [0.1, 0.15) is 32.6 Å². The minimum absolute atomic E-state index is 0. The summed E-state index contributed by atoms with van der Waals surface area (Å²) >= 11 is 0. The molecule has 0 rings (SSSR count). The predicted molar refractivity (Wildman–Crippen MR) is 41.1 cm³/mol. The van der Waals surface area contributed by atoms with Crippen LogP contribution in [-0.4, -0.2) is 15.9 Å². The van der Waals surface area contributed by atoms with Gasteiger partial charge in [0.2, 0.25) is 0 Å². The Balaban J connectivity index is 0. The van der Waals surface area contributed by atoms with E-state index in [0.717, 1.165) is 19.3 Å². The van der Waals surface area contributed by atoms with Crippen molar-refractivity contribution in [3.05, 3.63) is 0 Å². The molecular formula is C6H15FeO3P. The molecule has 0 spiro atoms. The first kappa shape index (κ1) is 14.2. The molecule has 0 aromatic carbocycles. The summed E-state index contributed by atoms with van der Waals surface area (Å²) in [7, 11) is -3.71. The minimum atomic E-state index is -3.71. The minimum Gasteiger partial charge on any atom is -0.324 e. The van der Waals surface area contributed by atoms with Crippen LogP contribution in [0.4, 0.5) is 0 Å². The molecule has 11 heavy (non-hydrogen) atoms. The van der Waals surface area contributed by atoms with Gasteiger partial charge in [0.25, 0.3) is 0 Å². The maximum atomic E-state index is 10.3. The summed E-state index contributed by atoms with van der Waals surface area (Å²) in [6.07, 6.45) is 3.80. The molecule has 0 fully saturated rings. The van der Waals surface area contributed by atoms with Gasteiger partial charge < -0.3 is 9.79 Å². The first-order chi connectivity index (χ1) is 4.56. The van der Waals surface area contributed by atoms with Crippen molar-refractivity contribution in [2.24, 2.45) is 0 Å². The van der Waals surface area contributed by atoms with Crippen molar-refractivity contribution >= 4 is 7.60 Å². The molecule has 0 radical (unpaired) electrons. The van der Waals surface area contributed by atoms with Crippen molar-refractivity contribution in [1.82, 2.24) is 0 Å². The van der Waals surface area contributed by atoms with E-state index >= 15 is 0 Å². The third kappa shape index (κ3) is 13.6. The zero-order valence-corrected chi connectivity index (χ0v) is 8.64. The van der Waals surface area contributed by atoms with Gasteiger partial charge in [-0.05, 0) is 6.42 Å². The van der Waals surface area contributed by atoms with E-state index in [0.29, 0.717) is 6.42 Å². The van der Waals surface area contributed by atoms with Crippen molar-refractivity contribution in [3.8, 4) is 0 Å². The average Bonchev–Trinajstić information content (AvgIpc) is 1.78. The monoisotopic (exact) mass is 222 g/mol. The maximum Gasteiger partial charge on any atom is 0.325 e. The van der Waals surface area contributed by atoms with Gasteiger partial charge in [-0.2, -0.15) is 0 Å². The van der Waals surface area contributed by atoms with Gasteiger partial charge in [-0.15, -0.1) is 0 Å². The second-order valence-corrected chi connectivity index (χ2v) is 4.23. The molecule has 0 unspecified atom stereocenters. The van der Waals surface area contributed by atoms with Gasteiger partial charge in [-0.25, -0.2) is 0 Å². The molecular weight excluding hydrogens is 207 g/mol. The molecule has 5 heteroatoms. The Morgan fingerprint density at radius 3 is 2.09 bits per heavy atom. The zero-order chi connectivity index (χ0) is 8.04. The van der Waals surface area contributed by atoms with Gasteiger partial charge in [-0.1, -0.05) is 26.2 Å². The second kappa shape index (κ2) is 7.33. The van der Waals surface area contributed by atoms with Gasteiger partial charge >= 0.3 is 7.60 Å². The van der Waals surface area contributed by atoms with Crippen molar-refractivity contribution in [3.63, 3.8) is 0 Å². The molecule has 0 aliphatic heterocycles. The fourth-order valence-electron chi connectivity index (χ4n) is 0.745. The number of rotatable bonds is 5. The molecule has 0 aromatic heterocycles. The second-order valence-electron chi connectivity index (χ2n) is 2.45. The average molecular weight is 222 g/mol. The quantitative estimate of drug-likeness (QED) is 0.423. The van der Waals surface area contributed by atoms with Gasteiger partial charge in [0.1, 0.15) is 0 Å². The third-order valence-electron chi connectivity index (χ3n) is 1.30. The van der Waals surface area contributed by atoms with E-state index in [1.165, 1.54) is 0 Å². The fraction of sp³-hybridized carbons (Fsp3) is 1.00. The van der Waals surface area contributed by atoms with Gasteiger partial charge in [-0.3, -0.25) is 4.57 Å². The van der Waals surface area contributed by atoms with E-state index < -0.39 is 7.60 Å². The van der Waals surface area contributed by atoms with E-state index in [1.807, 2.05) is 0 Å². The molecule has 2 N–H and O–H groups in total. The first-order valence-electron chi connectivity index (χ1n) is 3.61. The van der Waals surface area contributed by atoms with E-state index in [1.54, 1.807) is 0 Å². The summed E-state index contributed by atoms with van der Waals surface area (Å²) in [6.45, 7) is 2.07. The summed E-state index contributed by atoms with van der Waals surface area (Å²) in [5, 5.41) is 0. The molecule has 0 aromatic rings. The van der Waals surface area contributed by atoms with Crippen LogP contribution in [-0.2, 0) is 21.6 Å². The van der Waals surface area contributed by atoms with Crippen molar-refractivity contribution < 1.29 is 31.4 Å². The maximum absolute atomic E-state index is 10.3. The molecule has 3 nitrogen and oxygen atoms in total. The van der Waals surface area contributed by atoms with E-state index in [4.69, 9.17) is 9.79 Å². The number of unbranched alkanes of at least 4 members (excludes halogenated alkanes) is 3. The third-order valence-corrected chi connectivity index (χ3v) is 2.20. The molecule has 0 saturated heterocycles. The van der Waals surface area contributed by atoms with Crippen LogP contribution >= 0.6 is 7.60 Å². The standard InChI is InChI=1S/C6H15O3P.Fe/c1-2-3-4-5-6-10(7,8)9;/h2-6H2,1H3,(H2,7,8,9);. The summed E-state index contributed by atoms with van der Waals surface area (Å²) < 4.78 is 10.3. The molecule has 0 bridgehead atoms. The Kier molecular flexibility index (Phi) is 9.46. The zero-order valence-electron chi connectivity index (χ0n) is 6.64.